The van der Waals surface area contributed by atoms with Gasteiger partial charge in [0.25, 0.3) is 0 Å². The van der Waals surface area contributed by atoms with Crippen molar-refractivity contribution in [3.63, 3.8) is 0 Å². The van der Waals surface area contributed by atoms with Gasteiger partial charge in [-0.1, -0.05) is 30.3 Å². The maximum Gasteiger partial charge on any atom is 0.131 e. The normalized spacial score (nSPS) is 14.4. The Morgan fingerprint density at radius 1 is 1.38 bits per heavy atom. The molecule has 1 aromatic carbocycles. The van der Waals surface area contributed by atoms with Crippen molar-refractivity contribution in [2.24, 2.45) is 0 Å². The molecule has 0 aliphatic heterocycles. The van der Waals surface area contributed by atoms with Crippen molar-refractivity contribution >= 4 is 5.78 Å². The average molecular weight is 221 g/mol. The van der Waals surface area contributed by atoms with Gasteiger partial charge in [-0.05, 0) is 19.4 Å². The van der Waals surface area contributed by atoms with Crippen molar-refractivity contribution < 1.29 is 9.90 Å². The number of Topliss-reactive ketones (excluding diaryl/α,β-unsaturated/α-hetero) is 1. The van der Waals surface area contributed by atoms with Crippen molar-refractivity contribution in [1.29, 1.82) is 0 Å². The maximum absolute atomic E-state index is 10.8. The van der Waals surface area contributed by atoms with Crippen LogP contribution in [0.2, 0.25) is 0 Å². The molecule has 0 radical (unpaired) electrons. The minimum absolute atomic E-state index is 0.0539. The first-order valence-corrected chi connectivity index (χ1v) is 5.57. The van der Waals surface area contributed by atoms with E-state index in [1.54, 1.807) is 6.92 Å². The highest BCUT2D eigenvalue weighted by Crippen LogP contribution is 2.15. The number of nitrogens with one attached hydrogen (secondary N) is 1. The summed E-state index contributed by atoms with van der Waals surface area (Å²) in [5.41, 5.74) is 0.894. The molecule has 0 aliphatic carbocycles. The fourth-order valence-electron chi connectivity index (χ4n) is 1.53. The molecule has 0 bridgehead atoms. The molecule has 0 amide bonds. The van der Waals surface area contributed by atoms with Gasteiger partial charge >= 0.3 is 0 Å². The van der Waals surface area contributed by atoms with Crippen LogP contribution >= 0.6 is 0 Å². The Morgan fingerprint density at radius 3 is 2.56 bits per heavy atom. The summed E-state index contributed by atoms with van der Waals surface area (Å²) in [5.74, 6) is 0.161. The Labute approximate surface area is 96.5 Å². The number of carbonyl (C=O) groups is 1. The summed E-state index contributed by atoms with van der Waals surface area (Å²) in [6.45, 7) is 4.10. The van der Waals surface area contributed by atoms with Crippen LogP contribution in [0.1, 0.15) is 31.9 Å². The Kier molecular flexibility index (Phi) is 5.15. The van der Waals surface area contributed by atoms with Crippen molar-refractivity contribution in [2.45, 2.75) is 32.4 Å². The molecule has 0 spiro atoms. The van der Waals surface area contributed by atoms with E-state index in [-0.39, 0.29) is 11.8 Å². The lowest BCUT2D eigenvalue weighted by Gasteiger charge is -2.20. The summed E-state index contributed by atoms with van der Waals surface area (Å²) in [4.78, 5) is 10.8. The monoisotopic (exact) mass is 221 g/mol. The van der Waals surface area contributed by atoms with Crippen LogP contribution in [0.15, 0.2) is 30.3 Å². The fraction of sp³-hybridized carbons (Fsp3) is 0.462. The third-order valence-corrected chi connectivity index (χ3v) is 2.56. The Bertz CT molecular complexity index is 324. The van der Waals surface area contributed by atoms with Crippen LogP contribution in [0.3, 0.4) is 0 Å². The zero-order valence-electron chi connectivity index (χ0n) is 9.81. The zero-order chi connectivity index (χ0) is 12.0. The van der Waals surface area contributed by atoms with E-state index < -0.39 is 6.10 Å². The summed E-state index contributed by atoms with van der Waals surface area (Å²) in [6.07, 6.45) is -0.0283. The van der Waals surface area contributed by atoms with Crippen LogP contribution in [-0.4, -0.2) is 23.5 Å². The SMILES string of the molecule is CC(=O)CCNC(C)C(O)c1ccccc1. The van der Waals surface area contributed by atoms with Gasteiger partial charge in [-0.15, -0.1) is 0 Å². The van der Waals surface area contributed by atoms with E-state index in [1.807, 2.05) is 37.3 Å². The first-order chi connectivity index (χ1) is 7.61. The summed E-state index contributed by atoms with van der Waals surface area (Å²) in [7, 11) is 0. The van der Waals surface area contributed by atoms with Gasteiger partial charge in [0.05, 0.1) is 6.10 Å². The van der Waals surface area contributed by atoms with E-state index in [2.05, 4.69) is 5.32 Å². The molecule has 2 unspecified atom stereocenters. The maximum atomic E-state index is 10.8. The molecule has 2 atom stereocenters. The average Bonchev–Trinajstić information content (AvgIpc) is 2.28. The van der Waals surface area contributed by atoms with E-state index in [9.17, 15) is 9.90 Å². The molecular weight excluding hydrogens is 202 g/mol. The molecule has 88 valence electrons. The number of ketones is 1. The van der Waals surface area contributed by atoms with E-state index in [1.165, 1.54) is 0 Å². The molecule has 0 aliphatic rings. The van der Waals surface area contributed by atoms with Gasteiger partial charge < -0.3 is 10.4 Å². The highest BCUT2D eigenvalue weighted by molar-refractivity contribution is 5.75. The summed E-state index contributed by atoms with van der Waals surface area (Å²) in [5, 5.41) is 13.1. The first kappa shape index (κ1) is 12.9. The topological polar surface area (TPSA) is 49.3 Å². The van der Waals surface area contributed by atoms with Gasteiger partial charge in [0, 0.05) is 19.0 Å². The fourth-order valence-corrected chi connectivity index (χ4v) is 1.53. The lowest BCUT2D eigenvalue weighted by atomic mass is 10.0. The first-order valence-electron chi connectivity index (χ1n) is 5.57. The van der Waals surface area contributed by atoms with Crippen LogP contribution in [0.4, 0.5) is 0 Å². The predicted molar refractivity (Wildman–Crippen MR) is 64.2 cm³/mol. The van der Waals surface area contributed by atoms with Crippen molar-refractivity contribution in [1.82, 2.24) is 5.32 Å². The second-order valence-electron chi connectivity index (χ2n) is 4.05. The molecular formula is C13H19NO2. The van der Waals surface area contributed by atoms with Gasteiger partial charge in [0.1, 0.15) is 5.78 Å². The molecule has 0 saturated heterocycles. The van der Waals surface area contributed by atoms with Crippen LogP contribution in [0, 0.1) is 0 Å². The molecule has 2 N–H and O–H groups in total. The van der Waals surface area contributed by atoms with Gasteiger partial charge in [0.15, 0.2) is 0 Å². The van der Waals surface area contributed by atoms with Gasteiger partial charge in [-0.25, -0.2) is 0 Å². The zero-order valence-corrected chi connectivity index (χ0v) is 9.81. The minimum atomic E-state index is -0.534. The second kappa shape index (κ2) is 6.40. The molecule has 1 aromatic rings. The third-order valence-electron chi connectivity index (χ3n) is 2.56. The Hall–Kier alpha value is -1.19. The summed E-state index contributed by atoms with van der Waals surface area (Å²) < 4.78 is 0. The summed E-state index contributed by atoms with van der Waals surface area (Å²) in [6, 6.07) is 9.47. The van der Waals surface area contributed by atoms with E-state index >= 15 is 0 Å². The molecule has 0 aromatic heterocycles. The number of benzene rings is 1. The number of aliphatic hydroxyl groups is 1. The number of hydrogen-bond donors (Lipinski definition) is 2. The third kappa shape index (κ3) is 4.13. The van der Waals surface area contributed by atoms with Gasteiger partial charge in [-0.3, -0.25) is 4.79 Å². The number of hydrogen-bond acceptors (Lipinski definition) is 3. The Balaban J connectivity index is 2.42. The highest BCUT2D eigenvalue weighted by Gasteiger charge is 2.14. The lowest BCUT2D eigenvalue weighted by molar-refractivity contribution is -0.116. The van der Waals surface area contributed by atoms with Crippen LogP contribution in [0.5, 0.6) is 0 Å². The smallest absolute Gasteiger partial charge is 0.131 e. The largest absolute Gasteiger partial charge is 0.387 e. The second-order valence-corrected chi connectivity index (χ2v) is 4.05. The van der Waals surface area contributed by atoms with Crippen molar-refractivity contribution in [3.8, 4) is 0 Å². The van der Waals surface area contributed by atoms with Crippen LogP contribution in [0.25, 0.3) is 0 Å². The summed E-state index contributed by atoms with van der Waals surface area (Å²) >= 11 is 0. The van der Waals surface area contributed by atoms with Crippen LogP contribution < -0.4 is 5.32 Å². The van der Waals surface area contributed by atoms with E-state index in [4.69, 9.17) is 0 Å². The number of rotatable bonds is 6. The quantitative estimate of drug-likeness (QED) is 0.768. The highest BCUT2D eigenvalue weighted by atomic mass is 16.3. The Morgan fingerprint density at radius 2 is 2.00 bits per heavy atom. The van der Waals surface area contributed by atoms with Crippen LogP contribution in [-0.2, 0) is 4.79 Å². The standard InChI is InChI=1S/C13H19NO2/c1-10(15)8-9-14-11(2)13(16)12-6-4-3-5-7-12/h3-7,11,13-14,16H,8-9H2,1-2H3. The van der Waals surface area contributed by atoms with Crippen molar-refractivity contribution in [2.75, 3.05) is 6.54 Å². The number of carbonyl (C=O) groups excluding carboxylic acids is 1. The molecule has 3 heteroatoms. The van der Waals surface area contributed by atoms with Gasteiger partial charge in [-0.2, -0.15) is 0 Å². The number of aliphatic hydroxyl groups excluding tert-OH is 1. The van der Waals surface area contributed by atoms with E-state index in [0.29, 0.717) is 13.0 Å². The molecule has 1 rings (SSSR count). The van der Waals surface area contributed by atoms with Gasteiger partial charge in [0.2, 0.25) is 0 Å². The minimum Gasteiger partial charge on any atom is -0.387 e. The van der Waals surface area contributed by atoms with Crippen molar-refractivity contribution in [3.05, 3.63) is 35.9 Å². The molecule has 0 fully saturated rings. The molecule has 0 heterocycles. The van der Waals surface area contributed by atoms with E-state index in [0.717, 1.165) is 5.56 Å². The molecule has 16 heavy (non-hydrogen) atoms. The molecule has 0 saturated carbocycles. The molecule has 3 nitrogen and oxygen atoms in total. The lowest BCUT2D eigenvalue weighted by Crippen LogP contribution is -2.33. The predicted octanol–water partition coefficient (Wildman–Crippen LogP) is 1.68.